The van der Waals surface area contributed by atoms with Gasteiger partial charge in [-0.2, -0.15) is 0 Å². The van der Waals surface area contributed by atoms with E-state index in [1.807, 2.05) is 24.3 Å². The van der Waals surface area contributed by atoms with Crippen molar-refractivity contribution in [1.29, 1.82) is 0 Å². The molecule has 1 saturated heterocycles. The van der Waals surface area contributed by atoms with Gasteiger partial charge in [0.05, 0.1) is 6.54 Å². The molecule has 9 heteroatoms. The molecule has 0 radical (unpaired) electrons. The second kappa shape index (κ2) is 11.5. The number of carbonyl (C=O) groups is 2. The molecule has 1 fully saturated rings. The van der Waals surface area contributed by atoms with Crippen LogP contribution in [0.2, 0.25) is 0 Å². The number of rotatable bonds is 6. The highest BCUT2D eigenvalue weighted by Crippen LogP contribution is 2.21. The number of carbonyl (C=O) groups excluding carboxylic acids is 2. The lowest BCUT2D eigenvalue weighted by molar-refractivity contribution is -0.117. The molecule has 7 nitrogen and oxygen atoms in total. The maximum atomic E-state index is 12.9. The molecule has 0 spiro atoms. The summed E-state index contributed by atoms with van der Waals surface area (Å²) in [6, 6.07) is 13.4. The van der Waals surface area contributed by atoms with Crippen LogP contribution in [0.5, 0.6) is 0 Å². The van der Waals surface area contributed by atoms with E-state index in [4.69, 9.17) is 0 Å². The van der Waals surface area contributed by atoms with Crippen LogP contribution in [-0.4, -0.2) is 37.9 Å². The summed E-state index contributed by atoms with van der Waals surface area (Å²) in [5, 5.41) is 8.75. The lowest BCUT2D eigenvalue weighted by Gasteiger charge is -2.16. The minimum absolute atomic E-state index is 0. The average Bonchev–Trinajstić information content (AvgIpc) is 3.16. The summed E-state index contributed by atoms with van der Waals surface area (Å²) in [6.07, 6.45) is 1.51. The van der Waals surface area contributed by atoms with Gasteiger partial charge in [-0.1, -0.05) is 12.1 Å². The van der Waals surface area contributed by atoms with Gasteiger partial charge in [-0.3, -0.25) is 14.6 Å². The maximum absolute atomic E-state index is 12.9. The van der Waals surface area contributed by atoms with Crippen molar-refractivity contribution in [2.45, 2.75) is 19.4 Å². The largest absolute Gasteiger partial charge is 0.352 e. The van der Waals surface area contributed by atoms with Gasteiger partial charge in [-0.25, -0.2) is 4.39 Å². The Morgan fingerprint density at radius 1 is 1.10 bits per heavy atom. The van der Waals surface area contributed by atoms with Gasteiger partial charge in [-0.05, 0) is 48.4 Å². The fourth-order valence-corrected chi connectivity index (χ4v) is 3.02. The van der Waals surface area contributed by atoms with Crippen LogP contribution in [0.25, 0.3) is 0 Å². The number of guanidine groups is 1. The molecule has 1 aliphatic heterocycles. The van der Waals surface area contributed by atoms with Crippen LogP contribution < -0.4 is 20.9 Å². The second-order valence-electron chi connectivity index (χ2n) is 6.65. The minimum Gasteiger partial charge on any atom is -0.352 e. The van der Waals surface area contributed by atoms with E-state index in [9.17, 15) is 14.0 Å². The highest BCUT2D eigenvalue weighted by Gasteiger charge is 2.21. The standard InChI is InChI=1S/C21H24FN5O2.HI/c1-23-21(25-14-19(28)26-17-8-6-16(22)7-9-17)24-13-15-4-10-18(11-5-15)27-12-2-3-20(27)29;/h4-11H,2-3,12-14H2,1H3,(H,26,28)(H2,23,24,25);1H. The summed E-state index contributed by atoms with van der Waals surface area (Å²) in [6.45, 7) is 1.31. The molecule has 3 rings (SSSR count). The molecule has 1 aliphatic rings. The molecular formula is C21H25FIN5O2. The normalized spacial score (nSPS) is 13.6. The highest BCUT2D eigenvalue weighted by atomic mass is 127. The first-order chi connectivity index (χ1) is 14.0. The van der Waals surface area contributed by atoms with Gasteiger partial charge in [0, 0.05) is 37.9 Å². The third kappa shape index (κ3) is 6.68. The van der Waals surface area contributed by atoms with Gasteiger partial charge in [0.25, 0.3) is 0 Å². The molecule has 0 unspecified atom stereocenters. The molecular weight excluding hydrogens is 500 g/mol. The van der Waals surface area contributed by atoms with Crippen molar-refractivity contribution in [1.82, 2.24) is 10.6 Å². The zero-order valence-corrected chi connectivity index (χ0v) is 19.0. The molecule has 0 saturated carbocycles. The van der Waals surface area contributed by atoms with Gasteiger partial charge in [-0.15, -0.1) is 24.0 Å². The second-order valence-corrected chi connectivity index (χ2v) is 6.65. The Hall–Kier alpha value is -2.69. The van der Waals surface area contributed by atoms with E-state index >= 15 is 0 Å². The summed E-state index contributed by atoms with van der Waals surface area (Å²) in [5.41, 5.74) is 2.47. The summed E-state index contributed by atoms with van der Waals surface area (Å²) >= 11 is 0. The van der Waals surface area contributed by atoms with E-state index in [1.165, 1.54) is 24.3 Å². The van der Waals surface area contributed by atoms with Crippen LogP contribution in [0.4, 0.5) is 15.8 Å². The van der Waals surface area contributed by atoms with Gasteiger partial charge >= 0.3 is 0 Å². The Balaban J connectivity index is 0.00000320. The SMILES string of the molecule is CN=C(NCC(=O)Nc1ccc(F)cc1)NCc1ccc(N2CCCC2=O)cc1.I. The van der Waals surface area contributed by atoms with E-state index < -0.39 is 0 Å². The Morgan fingerprint density at radius 3 is 2.40 bits per heavy atom. The number of aliphatic imine (C=N–C) groups is 1. The van der Waals surface area contributed by atoms with Crippen LogP contribution in [0.3, 0.4) is 0 Å². The summed E-state index contributed by atoms with van der Waals surface area (Å²) in [7, 11) is 1.62. The zero-order valence-electron chi connectivity index (χ0n) is 16.7. The first-order valence-corrected chi connectivity index (χ1v) is 9.44. The first kappa shape index (κ1) is 23.6. The Bertz CT molecular complexity index is 887. The number of amides is 2. The molecule has 160 valence electrons. The molecule has 2 amide bonds. The minimum atomic E-state index is -0.356. The number of hydrogen-bond acceptors (Lipinski definition) is 3. The van der Waals surface area contributed by atoms with E-state index in [0.29, 0.717) is 24.6 Å². The van der Waals surface area contributed by atoms with Gasteiger partial charge in [0.2, 0.25) is 11.8 Å². The third-order valence-electron chi connectivity index (χ3n) is 4.55. The van der Waals surface area contributed by atoms with Gasteiger partial charge in [0.15, 0.2) is 5.96 Å². The highest BCUT2D eigenvalue weighted by molar-refractivity contribution is 14.0. The Labute approximate surface area is 192 Å². The predicted octanol–water partition coefficient (Wildman–Crippen LogP) is 2.87. The molecule has 0 aromatic heterocycles. The van der Waals surface area contributed by atoms with Crippen LogP contribution in [0, 0.1) is 5.82 Å². The molecule has 30 heavy (non-hydrogen) atoms. The summed E-state index contributed by atoms with van der Waals surface area (Å²) < 4.78 is 12.9. The lowest BCUT2D eigenvalue weighted by atomic mass is 10.2. The van der Waals surface area contributed by atoms with Crippen molar-refractivity contribution in [2.75, 3.05) is 30.4 Å². The molecule has 0 bridgehead atoms. The number of hydrogen-bond donors (Lipinski definition) is 3. The monoisotopic (exact) mass is 525 g/mol. The number of nitrogens with one attached hydrogen (secondary N) is 3. The maximum Gasteiger partial charge on any atom is 0.243 e. The van der Waals surface area contributed by atoms with Crippen LogP contribution in [0.1, 0.15) is 18.4 Å². The summed E-state index contributed by atoms with van der Waals surface area (Å²) in [5.74, 6) is 0.0300. The zero-order chi connectivity index (χ0) is 20.6. The van der Waals surface area contributed by atoms with E-state index in [1.54, 1.807) is 11.9 Å². The molecule has 2 aromatic rings. The average molecular weight is 525 g/mol. The van der Waals surface area contributed by atoms with E-state index in [2.05, 4.69) is 20.9 Å². The van der Waals surface area contributed by atoms with E-state index in [-0.39, 0.29) is 48.2 Å². The summed E-state index contributed by atoms with van der Waals surface area (Å²) in [4.78, 5) is 29.7. The lowest BCUT2D eigenvalue weighted by Crippen LogP contribution is -2.41. The number of nitrogens with zero attached hydrogens (tertiary/aromatic N) is 2. The molecule has 0 aliphatic carbocycles. The Morgan fingerprint density at radius 2 is 1.80 bits per heavy atom. The Kier molecular flexibility index (Phi) is 9.03. The fourth-order valence-electron chi connectivity index (χ4n) is 3.02. The molecule has 2 aromatic carbocycles. The number of benzene rings is 2. The van der Waals surface area contributed by atoms with Crippen LogP contribution in [-0.2, 0) is 16.1 Å². The fraction of sp³-hybridized carbons (Fsp3) is 0.286. The topological polar surface area (TPSA) is 85.8 Å². The van der Waals surface area contributed by atoms with E-state index in [0.717, 1.165) is 24.2 Å². The first-order valence-electron chi connectivity index (χ1n) is 9.44. The van der Waals surface area contributed by atoms with Crippen LogP contribution >= 0.6 is 24.0 Å². The van der Waals surface area contributed by atoms with Crippen molar-refractivity contribution in [3.05, 3.63) is 59.9 Å². The van der Waals surface area contributed by atoms with Gasteiger partial charge < -0.3 is 20.9 Å². The number of halogens is 2. The quantitative estimate of drug-likeness (QED) is 0.308. The number of anilines is 2. The molecule has 1 heterocycles. The predicted molar refractivity (Wildman–Crippen MR) is 127 cm³/mol. The molecule has 3 N–H and O–H groups in total. The van der Waals surface area contributed by atoms with Crippen molar-refractivity contribution >= 4 is 53.1 Å². The third-order valence-corrected chi connectivity index (χ3v) is 4.55. The van der Waals surface area contributed by atoms with Crippen molar-refractivity contribution in [3.8, 4) is 0 Å². The smallest absolute Gasteiger partial charge is 0.243 e. The molecule has 0 atom stereocenters. The van der Waals surface area contributed by atoms with Crippen molar-refractivity contribution in [2.24, 2.45) is 4.99 Å². The van der Waals surface area contributed by atoms with Crippen LogP contribution in [0.15, 0.2) is 53.5 Å². The van der Waals surface area contributed by atoms with Crippen molar-refractivity contribution < 1.29 is 14.0 Å². The van der Waals surface area contributed by atoms with Crippen molar-refractivity contribution in [3.63, 3.8) is 0 Å². The van der Waals surface area contributed by atoms with Gasteiger partial charge in [0.1, 0.15) is 5.82 Å².